The topological polar surface area (TPSA) is 66.1 Å². The zero-order valence-electron chi connectivity index (χ0n) is 10.2. The van der Waals surface area contributed by atoms with Crippen LogP contribution < -0.4 is 0 Å². The molecule has 0 radical (unpaired) electrons. The van der Waals surface area contributed by atoms with E-state index in [1.165, 1.54) is 18.8 Å². The molecule has 7 heteroatoms. The number of aromatic amines is 1. The minimum atomic E-state index is -3.46. The Labute approximate surface area is 113 Å². The first kappa shape index (κ1) is 13.8. The highest BCUT2D eigenvalue weighted by molar-refractivity contribution is 7.89. The van der Waals surface area contributed by atoms with E-state index in [-0.39, 0.29) is 10.9 Å². The SMILES string of the molecule is O=S(=O)(c1cn[nH]c1)N(CCCl)C1CCCCC1. The molecule has 5 nitrogen and oxygen atoms in total. The molecule has 0 bridgehead atoms. The van der Waals surface area contributed by atoms with Crippen LogP contribution >= 0.6 is 11.6 Å². The smallest absolute Gasteiger partial charge is 0.246 e. The maximum Gasteiger partial charge on any atom is 0.246 e. The zero-order valence-corrected chi connectivity index (χ0v) is 11.8. The Bertz CT molecular complexity index is 455. The summed E-state index contributed by atoms with van der Waals surface area (Å²) in [5, 5.41) is 6.26. The Balaban J connectivity index is 2.23. The minimum Gasteiger partial charge on any atom is -0.284 e. The second-order valence-corrected chi connectivity index (χ2v) is 6.80. The fourth-order valence-electron chi connectivity index (χ4n) is 2.47. The van der Waals surface area contributed by atoms with Crippen molar-refractivity contribution >= 4 is 21.6 Å². The van der Waals surface area contributed by atoms with Crippen molar-refractivity contribution in [3.8, 4) is 0 Å². The maximum absolute atomic E-state index is 12.5. The predicted octanol–water partition coefficient (Wildman–Crippen LogP) is 1.97. The number of H-pyrrole nitrogens is 1. The second kappa shape index (κ2) is 6.04. The Morgan fingerprint density at radius 3 is 2.67 bits per heavy atom. The van der Waals surface area contributed by atoms with Gasteiger partial charge in [0.2, 0.25) is 10.0 Å². The van der Waals surface area contributed by atoms with Crippen LogP contribution in [-0.2, 0) is 10.0 Å². The summed E-state index contributed by atoms with van der Waals surface area (Å²) in [4.78, 5) is 0.221. The van der Waals surface area contributed by atoms with E-state index in [4.69, 9.17) is 11.6 Å². The summed E-state index contributed by atoms with van der Waals surface area (Å²) >= 11 is 5.75. The van der Waals surface area contributed by atoms with E-state index in [0.717, 1.165) is 25.7 Å². The fourth-order valence-corrected chi connectivity index (χ4v) is 4.34. The number of nitrogens with one attached hydrogen (secondary N) is 1. The molecule has 0 amide bonds. The van der Waals surface area contributed by atoms with E-state index in [9.17, 15) is 8.42 Å². The summed E-state index contributed by atoms with van der Waals surface area (Å²) in [7, 11) is -3.46. The van der Waals surface area contributed by atoms with Crippen LogP contribution in [0.25, 0.3) is 0 Å². The molecular weight excluding hydrogens is 274 g/mol. The van der Waals surface area contributed by atoms with Gasteiger partial charge in [-0.15, -0.1) is 11.6 Å². The Morgan fingerprint density at radius 1 is 1.39 bits per heavy atom. The van der Waals surface area contributed by atoms with Gasteiger partial charge >= 0.3 is 0 Å². The van der Waals surface area contributed by atoms with E-state index >= 15 is 0 Å². The molecule has 0 aromatic carbocycles. The van der Waals surface area contributed by atoms with E-state index in [1.54, 1.807) is 4.31 Å². The van der Waals surface area contributed by atoms with Gasteiger partial charge in [-0.3, -0.25) is 5.10 Å². The fraction of sp³-hybridized carbons (Fsp3) is 0.727. The van der Waals surface area contributed by atoms with E-state index in [0.29, 0.717) is 12.4 Å². The van der Waals surface area contributed by atoms with Gasteiger partial charge in [-0.2, -0.15) is 9.40 Å². The number of hydrogen-bond acceptors (Lipinski definition) is 3. The van der Waals surface area contributed by atoms with Crippen LogP contribution in [0.4, 0.5) is 0 Å². The van der Waals surface area contributed by atoms with Crippen molar-refractivity contribution in [2.45, 2.75) is 43.0 Å². The van der Waals surface area contributed by atoms with Crippen molar-refractivity contribution in [3.63, 3.8) is 0 Å². The molecule has 1 N–H and O–H groups in total. The zero-order chi connectivity index (χ0) is 13.0. The summed E-state index contributed by atoms with van der Waals surface area (Å²) in [6, 6.07) is 0.0809. The van der Waals surface area contributed by atoms with Crippen molar-refractivity contribution in [3.05, 3.63) is 12.4 Å². The summed E-state index contributed by atoms with van der Waals surface area (Å²) in [6.07, 6.45) is 7.98. The van der Waals surface area contributed by atoms with Gasteiger partial charge in [0, 0.05) is 24.7 Å². The number of nitrogens with zero attached hydrogens (tertiary/aromatic N) is 2. The third-order valence-electron chi connectivity index (χ3n) is 3.37. The number of sulfonamides is 1. The Hall–Kier alpha value is -0.590. The van der Waals surface area contributed by atoms with E-state index in [1.807, 2.05) is 0 Å². The Kier molecular flexibility index (Phi) is 4.64. The second-order valence-electron chi connectivity index (χ2n) is 4.53. The van der Waals surface area contributed by atoms with Crippen molar-refractivity contribution in [2.24, 2.45) is 0 Å². The summed E-state index contributed by atoms with van der Waals surface area (Å²) in [5.74, 6) is 0.313. The first-order chi connectivity index (χ1) is 8.66. The number of rotatable bonds is 5. The minimum absolute atomic E-state index is 0.0809. The molecule has 1 aliphatic carbocycles. The Morgan fingerprint density at radius 2 is 2.11 bits per heavy atom. The van der Waals surface area contributed by atoms with E-state index < -0.39 is 10.0 Å². The molecule has 0 unspecified atom stereocenters. The standard InChI is InChI=1S/C11H18ClN3O2S/c12-6-7-15(10-4-2-1-3-5-10)18(16,17)11-8-13-14-9-11/h8-10H,1-7H2,(H,13,14). The molecular formula is C11H18ClN3O2S. The average molecular weight is 292 g/mol. The molecule has 1 fully saturated rings. The van der Waals surface area contributed by atoms with Crippen LogP contribution in [0, 0.1) is 0 Å². The highest BCUT2D eigenvalue weighted by Crippen LogP contribution is 2.27. The normalized spacial score (nSPS) is 18.3. The van der Waals surface area contributed by atoms with Crippen LogP contribution in [0.1, 0.15) is 32.1 Å². The first-order valence-electron chi connectivity index (χ1n) is 6.23. The molecule has 1 heterocycles. The number of hydrogen-bond donors (Lipinski definition) is 1. The predicted molar refractivity (Wildman–Crippen MR) is 70.1 cm³/mol. The molecule has 1 saturated carbocycles. The van der Waals surface area contributed by atoms with Crippen LogP contribution in [0.5, 0.6) is 0 Å². The van der Waals surface area contributed by atoms with Gasteiger partial charge in [0.25, 0.3) is 0 Å². The molecule has 2 rings (SSSR count). The van der Waals surface area contributed by atoms with Gasteiger partial charge in [0.05, 0.1) is 6.20 Å². The molecule has 102 valence electrons. The summed E-state index contributed by atoms with van der Waals surface area (Å²) < 4.78 is 26.5. The lowest BCUT2D eigenvalue weighted by Gasteiger charge is -2.32. The van der Waals surface area contributed by atoms with Crippen molar-refractivity contribution in [1.82, 2.24) is 14.5 Å². The van der Waals surface area contributed by atoms with E-state index in [2.05, 4.69) is 10.2 Å². The largest absolute Gasteiger partial charge is 0.284 e. The monoisotopic (exact) mass is 291 g/mol. The van der Waals surface area contributed by atoms with Gasteiger partial charge in [-0.1, -0.05) is 19.3 Å². The third kappa shape index (κ3) is 2.87. The lowest BCUT2D eigenvalue weighted by Crippen LogP contribution is -2.42. The average Bonchev–Trinajstić information content (AvgIpc) is 2.91. The molecule has 1 aromatic rings. The highest BCUT2D eigenvalue weighted by Gasteiger charge is 2.32. The van der Waals surface area contributed by atoms with Crippen LogP contribution in [0.2, 0.25) is 0 Å². The van der Waals surface area contributed by atoms with Gasteiger partial charge in [0.15, 0.2) is 0 Å². The summed E-state index contributed by atoms with van der Waals surface area (Å²) in [6.45, 7) is 0.361. The number of halogens is 1. The highest BCUT2D eigenvalue weighted by atomic mass is 35.5. The third-order valence-corrected chi connectivity index (χ3v) is 5.45. The van der Waals surface area contributed by atoms with Crippen molar-refractivity contribution in [2.75, 3.05) is 12.4 Å². The molecule has 18 heavy (non-hydrogen) atoms. The quantitative estimate of drug-likeness (QED) is 0.844. The van der Waals surface area contributed by atoms with Crippen LogP contribution in [0.3, 0.4) is 0 Å². The van der Waals surface area contributed by atoms with Gasteiger partial charge in [0.1, 0.15) is 4.90 Å². The van der Waals surface area contributed by atoms with Crippen molar-refractivity contribution < 1.29 is 8.42 Å². The van der Waals surface area contributed by atoms with Crippen molar-refractivity contribution in [1.29, 1.82) is 0 Å². The number of alkyl halides is 1. The van der Waals surface area contributed by atoms with Gasteiger partial charge in [-0.25, -0.2) is 8.42 Å². The first-order valence-corrected chi connectivity index (χ1v) is 8.20. The van der Waals surface area contributed by atoms with Gasteiger partial charge in [-0.05, 0) is 12.8 Å². The van der Waals surface area contributed by atoms with Crippen LogP contribution in [0.15, 0.2) is 17.3 Å². The molecule has 0 spiro atoms. The summed E-state index contributed by atoms with van der Waals surface area (Å²) in [5.41, 5.74) is 0. The number of aromatic nitrogens is 2. The van der Waals surface area contributed by atoms with Gasteiger partial charge < -0.3 is 0 Å². The lowest BCUT2D eigenvalue weighted by atomic mass is 9.95. The molecule has 1 aromatic heterocycles. The molecule has 0 aliphatic heterocycles. The van der Waals surface area contributed by atoms with Crippen LogP contribution in [-0.4, -0.2) is 41.4 Å². The lowest BCUT2D eigenvalue weighted by molar-refractivity contribution is 0.262. The maximum atomic E-state index is 12.5. The molecule has 0 saturated heterocycles. The molecule has 1 aliphatic rings. The molecule has 0 atom stereocenters.